The quantitative estimate of drug-likeness (QED) is 0.758. The van der Waals surface area contributed by atoms with Crippen molar-refractivity contribution in [3.8, 4) is 0 Å². The summed E-state index contributed by atoms with van der Waals surface area (Å²) in [5.74, 6) is -1.49. The summed E-state index contributed by atoms with van der Waals surface area (Å²) in [6, 6.07) is 10.7. The van der Waals surface area contributed by atoms with Crippen molar-refractivity contribution < 1.29 is 23.9 Å². The second kappa shape index (κ2) is 7.38. The predicted octanol–water partition coefficient (Wildman–Crippen LogP) is 4.21. The van der Waals surface area contributed by atoms with Crippen molar-refractivity contribution >= 4 is 58.3 Å². The molecule has 128 valence electrons. The molecule has 0 aliphatic carbocycles. The van der Waals surface area contributed by atoms with Crippen LogP contribution in [-0.4, -0.2) is 33.7 Å². The number of hydrogen-bond acceptors (Lipinski definition) is 6. The molecule has 1 aromatic carbocycles. The van der Waals surface area contributed by atoms with Gasteiger partial charge in [-0.15, -0.1) is 0 Å². The molecule has 1 aliphatic heterocycles. The van der Waals surface area contributed by atoms with Gasteiger partial charge in [-0.2, -0.15) is 0 Å². The highest BCUT2D eigenvalue weighted by atomic mass is 35.5. The van der Waals surface area contributed by atoms with E-state index in [1.54, 1.807) is 24.3 Å². The molecular formula is C16H10ClNO5S2. The molecular weight excluding hydrogens is 386 g/mol. The summed E-state index contributed by atoms with van der Waals surface area (Å²) >= 11 is 7.91. The topological polar surface area (TPSA) is 87.8 Å². The summed E-state index contributed by atoms with van der Waals surface area (Å²) < 4.78 is 5.62. The Bertz CT molecular complexity index is 875. The minimum atomic E-state index is -1.25. The summed E-state index contributed by atoms with van der Waals surface area (Å²) in [5, 5.41) is 9.38. The first-order chi connectivity index (χ1) is 11.9. The molecule has 3 rings (SSSR count). The van der Waals surface area contributed by atoms with Gasteiger partial charge >= 0.3 is 5.97 Å². The minimum Gasteiger partial charge on any atom is -0.480 e. The van der Waals surface area contributed by atoms with Crippen molar-refractivity contribution in [2.45, 2.75) is 9.99 Å². The number of hydrogen-bond donors (Lipinski definition) is 1. The number of carboxylic acids is 1. The van der Waals surface area contributed by atoms with Crippen molar-refractivity contribution in [1.29, 1.82) is 0 Å². The van der Waals surface area contributed by atoms with Gasteiger partial charge in [0.2, 0.25) is 0 Å². The fraction of sp³-hybridized carbons (Fsp3) is 0.0625. The fourth-order valence-corrected chi connectivity index (χ4v) is 3.71. The molecule has 1 N–H and O–H groups in total. The van der Waals surface area contributed by atoms with Gasteiger partial charge in [-0.3, -0.25) is 19.3 Å². The van der Waals surface area contributed by atoms with Crippen LogP contribution in [0.15, 0.2) is 55.7 Å². The maximum absolute atomic E-state index is 12.1. The van der Waals surface area contributed by atoms with E-state index >= 15 is 0 Å². The van der Waals surface area contributed by atoms with Gasteiger partial charge in [0, 0.05) is 16.0 Å². The van der Waals surface area contributed by atoms with Crippen molar-refractivity contribution in [3.63, 3.8) is 0 Å². The Morgan fingerprint density at radius 3 is 2.64 bits per heavy atom. The highest BCUT2D eigenvalue weighted by Gasteiger charge is 2.36. The van der Waals surface area contributed by atoms with E-state index in [0.717, 1.165) is 4.90 Å². The van der Waals surface area contributed by atoms with Gasteiger partial charge in [0.15, 0.2) is 5.09 Å². The van der Waals surface area contributed by atoms with Crippen LogP contribution in [0.4, 0.5) is 4.79 Å². The minimum absolute atomic E-state index is 0.128. The van der Waals surface area contributed by atoms with Crippen LogP contribution in [0.2, 0.25) is 5.02 Å². The zero-order chi connectivity index (χ0) is 18.0. The van der Waals surface area contributed by atoms with E-state index in [1.807, 2.05) is 12.1 Å². The molecule has 2 aromatic rings. The predicted molar refractivity (Wildman–Crippen MR) is 94.6 cm³/mol. The maximum Gasteiger partial charge on any atom is 0.323 e. The molecule has 0 spiro atoms. The molecule has 9 heteroatoms. The molecule has 1 saturated heterocycles. The van der Waals surface area contributed by atoms with Gasteiger partial charge in [0.1, 0.15) is 12.3 Å². The van der Waals surface area contributed by atoms with E-state index in [-0.39, 0.29) is 4.91 Å². The number of carboxylic acid groups (broad SMARTS) is 1. The summed E-state index contributed by atoms with van der Waals surface area (Å²) in [7, 11) is 0. The number of nitrogens with zero attached hydrogens (tertiary/aromatic N) is 1. The van der Waals surface area contributed by atoms with Gasteiger partial charge in [-0.25, -0.2) is 0 Å². The van der Waals surface area contributed by atoms with Crippen LogP contribution >= 0.6 is 35.1 Å². The summed E-state index contributed by atoms with van der Waals surface area (Å²) in [5.41, 5.74) is 0. The first kappa shape index (κ1) is 17.7. The molecule has 0 radical (unpaired) electrons. The summed E-state index contributed by atoms with van der Waals surface area (Å²) in [6.07, 6.45) is 1.43. The van der Waals surface area contributed by atoms with E-state index in [9.17, 15) is 14.4 Å². The second-order valence-electron chi connectivity index (χ2n) is 4.87. The maximum atomic E-state index is 12.1. The van der Waals surface area contributed by atoms with Crippen molar-refractivity contribution in [1.82, 2.24) is 4.90 Å². The van der Waals surface area contributed by atoms with Gasteiger partial charge < -0.3 is 9.52 Å². The van der Waals surface area contributed by atoms with E-state index in [4.69, 9.17) is 21.1 Å². The Morgan fingerprint density at radius 1 is 1.24 bits per heavy atom. The van der Waals surface area contributed by atoms with Crippen LogP contribution in [0.1, 0.15) is 5.76 Å². The lowest BCUT2D eigenvalue weighted by Gasteiger charge is -2.07. The van der Waals surface area contributed by atoms with Crippen LogP contribution in [0.3, 0.4) is 0 Å². The lowest BCUT2D eigenvalue weighted by molar-refractivity contribution is -0.140. The van der Waals surface area contributed by atoms with E-state index in [1.165, 1.54) is 17.8 Å². The molecule has 0 atom stereocenters. The Labute approximate surface area is 155 Å². The lowest BCUT2D eigenvalue weighted by atomic mass is 10.3. The zero-order valence-corrected chi connectivity index (χ0v) is 14.9. The Kier molecular flexibility index (Phi) is 5.22. The third-order valence-electron chi connectivity index (χ3n) is 3.07. The highest BCUT2D eigenvalue weighted by molar-refractivity contribution is 8.18. The number of benzene rings is 1. The Hall–Kier alpha value is -2.16. The average molecular weight is 396 g/mol. The number of carbonyl (C=O) groups excluding carboxylic acids is 2. The summed E-state index contributed by atoms with van der Waals surface area (Å²) in [4.78, 5) is 36.2. The molecule has 2 amide bonds. The number of carbonyl (C=O) groups is 3. The number of amides is 2. The third-order valence-corrected chi connectivity index (χ3v) is 5.16. The number of imide groups is 1. The molecule has 1 aromatic heterocycles. The van der Waals surface area contributed by atoms with E-state index < -0.39 is 23.7 Å². The Morgan fingerprint density at radius 2 is 1.96 bits per heavy atom. The van der Waals surface area contributed by atoms with Gasteiger partial charge in [0.25, 0.3) is 11.1 Å². The molecule has 0 unspecified atom stereocenters. The normalized spacial score (nSPS) is 16.0. The fourth-order valence-electron chi connectivity index (χ4n) is 1.99. The monoisotopic (exact) mass is 395 g/mol. The molecule has 6 nitrogen and oxygen atoms in total. The van der Waals surface area contributed by atoms with E-state index in [2.05, 4.69) is 0 Å². The second-order valence-corrected chi connectivity index (χ2v) is 7.38. The average Bonchev–Trinajstić information content (AvgIpc) is 3.09. The smallest absolute Gasteiger partial charge is 0.323 e. The molecule has 0 bridgehead atoms. The van der Waals surface area contributed by atoms with Crippen LogP contribution in [0.25, 0.3) is 6.08 Å². The standard InChI is InChI=1S/C16H10ClNO5S2/c17-9-1-4-11(5-2-9)24-14-6-3-10(23-14)7-12-15(21)18(8-13(19)20)16(22)25-12/h1-7H,8H2,(H,19,20)/b12-7+. The molecule has 25 heavy (non-hydrogen) atoms. The van der Waals surface area contributed by atoms with Gasteiger partial charge in [0.05, 0.1) is 4.91 Å². The van der Waals surface area contributed by atoms with Crippen molar-refractivity contribution in [2.24, 2.45) is 0 Å². The molecule has 0 saturated carbocycles. The number of rotatable bonds is 5. The number of thioether (sulfide) groups is 1. The van der Waals surface area contributed by atoms with Crippen molar-refractivity contribution in [3.05, 3.63) is 52.1 Å². The van der Waals surface area contributed by atoms with Crippen LogP contribution in [0, 0.1) is 0 Å². The SMILES string of the molecule is O=C(O)CN1C(=O)S/C(=C/c2ccc(Sc3ccc(Cl)cc3)o2)C1=O. The third kappa shape index (κ3) is 4.28. The number of aliphatic carboxylic acids is 1. The molecule has 1 aliphatic rings. The largest absolute Gasteiger partial charge is 0.480 e. The van der Waals surface area contributed by atoms with Gasteiger partial charge in [-0.1, -0.05) is 23.4 Å². The van der Waals surface area contributed by atoms with Crippen molar-refractivity contribution in [2.75, 3.05) is 6.54 Å². The highest BCUT2D eigenvalue weighted by Crippen LogP contribution is 2.34. The molecule has 1 fully saturated rings. The summed E-state index contributed by atoms with van der Waals surface area (Å²) in [6.45, 7) is -0.655. The van der Waals surface area contributed by atoms with Crippen LogP contribution in [-0.2, 0) is 9.59 Å². The van der Waals surface area contributed by atoms with Gasteiger partial charge in [-0.05, 0) is 48.2 Å². The van der Waals surface area contributed by atoms with Crippen LogP contribution in [0.5, 0.6) is 0 Å². The number of furan rings is 1. The number of halogens is 1. The van der Waals surface area contributed by atoms with Crippen LogP contribution < -0.4 is 0 Å². The lowest BCUT2D eigenvalue weighted by Crippen LogP contribution is -2.33. The van der Waals surface area contributed by atoms with E-state index in [0.29, 0.717) is 32.5 Å². The Balaban J connectivity index is 1.73. The first-order valence-corrected chi connectivity index (χ1v) is 8.94. The first-order valence-electron chi connectivity index (χ1n) is 6.93. The molecule has 2 heterocycles. The zero-order valence-electron chi connectivity index (χ0n) is 12.5.